The molecule has 0 saturated carbocycles. The van der Waals surface area contributed by atoms with Gasteiger partial charge in [-0.15, -0.1) is 0 Å². The van der Waals surface area contributed by atoms with E-state index in [9.17, 15) is 0 Å². The van der Waals surface area contributed by atoms with Crippen molar-refractivity contribution in [2.75, 3.05) is 0 Å². The first-order valence-electron chi connectivity index (χ1n) is 5.31. The monoisotopic (exact) mass is 519 g/mol. The second kappa shape index (κ2) is 20.1. The zero-order valence-corrected chi connectivity index (χ0v) is 18.2. The third-order valence-corrected chi connectivity index (χ3v) is 1.66. The molecule has 2 aromatic carbocycles. The number of hydrogen-bond acceptors (Lipinski definition) is 0. The van der Waals surface area contributed by atoms with Crippen LogP contribution in [0.4, 0.5) is 0 Å². The average Bonchev–Trinajstić information content (AvgIpc) is 2.81. The van der Waals surface area contributed by atoms with Crippen LogP contribution in [0.15, 0.2) is 48.5 Å². The van der Waals surface area contributed by atoms with E-state index in [1.807, 2.05) is 24.3 Å². The van der Waals surface area contributed by atoms with E-state index >= 15 is 0 Å². The molecule has 0 atom stereocenters. The molecular formula is C14H21Cl2SiTh. The first-order chi connectivity index (χ1) is 7.20. The van der Waals surface area contributed by atoms with Crippen molar-refractivity contribution in [2.45, 2.75) is 26.9 Å². The molecule has 18 heavy (non-hydrogen) atoms. The Balaban J connectivity index is -0.0000000793. The van der Waals surface area contributed by atoms with Gasteiger partial charge in [0.2, 0.25) is 0 Å². The Morgan fingerprint density at radius 2 is 1.11 bits per heavy atom. The van der Waals surface area contributed by atoms with Crippen LogP contribution in [0.2, 0.25) is 13.1 Å². The molecule has 4 heteroatoms. The fourth-order valence-electron chi connectivity index (χ4n) is 0.940. The summed E-state index contributed by atoms with van der Waals surface area (Å²) in [4.78, 5) is 0. The molecule has 0 aliphatic carbocycles. The van der Waals surface area contributed by atoms with Crippen LogP contribution < -0.4 is 24.8 Å². The number of halogens is 2. The summed E-state index contributed by atoms with van der Waals surface area (Å²) < 4.78 is 0. The zero-order chi connectivity index (χ0) is 11.5. The molecule has 0 unspecified atom stereocenters. The Kier molecular flexibility index (Phi) is 30.5. The van der Waals surface area contributed by atoms with Crippen LogP contribution in [0.5, 0.6) is 0 Å². The standard InChI is InChI=1S/2C6H7.C2H7Si.2ClH.Th/c2*1-6-4-2-3-5-6;1-3-2;;;/h2*2-5H,1H3;3H,1-2H3;2*1H;/q2*-1;;;;+4/p-2. The summed E-state index contributed by atoms with van der Waals surface area (Å²) in [7, 11) is 0.750. The normalized spacial score (nSPS) is 6.89. The molecule has 0 bridgehead atoms. The first-order valence-corrected chi connectivity index (χ1v) is 7.62. The Hall–Kier alpha value is 0.822. The van der Waals surface area contributed by atoms with Crippen LogP contribution in [0.1, 0.15) is 11.1 Å². The maximum Gasteiger partial charge on any atom is 4.00 e. The summed E-state index contributed by atoms with van der Waals surface area (Å²) in [6, 6.07) is 16.5. The second-order valence-corrected chi connectivity index (χ2v) is 4.66. The summed E-state index contributed by atoms with van der Waals surface area (Å²) in [5.74, 6) is 0. The van der Waals surface area contributed by atoms with Crippen molar-refractivity contribution < 1.29 is 64.8 Å². The van der Waals surface area contributed by atoms with E-state index in [-0.39, 0.29) is 64.8 Å². The molecule has 0 saturated heterocycles. The van der Waals surface area contributed by atoms with E-state index in [4.69, 9.17) is 0 Å². The van der Waals surface area contributed by atoms with E-state index in [0.29, 0.717) is 0 Å². The Labute approximate surface area is 159 Å². The predicted molar refractivity (Wildman–Crippen MR) is 72.4 cm³/mol. The topological polar surface area (TPSA) is 0 Å². The third-order valence-electron chi connectivity index (χ3n) is 1.66. The SMILES string of the molecule is C[SiH]C.Cc1cc[cH-]c1.Cc1cc[cH-]c1.[Cl-].[Cl-].[Th+4]. The predicted octanol–water partition coefficient (Wildman–Crippen LogP) is -2.05. The van der Waals surface area contributed by atoms with Crippen LogP contribution in [-0.2, 0) is 0 Å². The van der Waals surface area contributed by atoms with Gasteiger partial charge in [-0.05, 0) is 0 Å². The van der Waals surface area contributed by atoms with Crippen molar-refractivity contribution in [3.05, 3.63) is 59.7 Å². The Morgan fingerprint density at radius 1 is 0.833 bits per heavy atom. The smallest absolute Gasteiger partial charge is 1.00 e. The number of rotatable bonds is 0. The van der Waals surface area contributed by atoms with Crippen molar-refractivity contribution in [2.24, 2.45) is 0 Å². The summed E-state index contributed by atoms with van der Waals surface area (Å²) >= 11 is 0. The van der Waals surface area contributed by atoms with Crippen LogP contribution >= 0.6 is 0 Å². The molecule has 0 aromatic heterocycles. The van der Waals surface area contributed by atoms with Crippen molar-refractivity contribution in [1.82, 2.24) is 0 Å². The largest absolute Gasteiger partial charge is 4.00 e. The maximum absolute atomic E-state index is 2.21. The van der Waals surface area contributed by atoms with Gasteiger partial charge >= 0.3 is 39.9 Å². The molecule has 2 aromatic rings. The minimum Gasteiger partial charge on any atom is -1.00 e. The fraction of sp³-hybridized carbons (Fsp3) is 0.286. The summed E-state index contributed by atoms with van der Waals surface area (Å²) in [6.07, 6.45) is 0. The van der Waals surface area contributed by atoms with Crippen molar-refractivity contribution >= 4 is 9.52 Å². The molecule has 0 fully saturated rings. The van der Waals surface area contributed by atoms with E-state index in [2.05, 4.69) is 51.2 Å². The van der Waals surface area contributed by atoms with Crippen LogP contribution in [0, 0.1) is 53.8 Å². The molecular weight excluding hydrogens is 499 g/mol. The van der Waals surface area contributed by atoms with Gasteiger partial charge in [0.1, 0.15) is 0 Å². The fourth-order valence-corrected chi connectivity index (χ4v) is 0.940. The summed E-state index contributed by atoms with van der Waals surface area (Å²) in [6.45, 7) is 8.58. The first kappa shape index (κ1) is 27.2. The minimum atomic E-state index is 0. The van der Waals surface area contributed by atoms with Crippen LogP contribution in [-0.4, -0.2) is 9.52 Å². The number of aryl methyl sites for hydroxylation is 2. The molecule has 0 aliphatic rings. The molecule has 1 radical (unpaired) electrons. The van der Waals surface area contributed by atoms with Gasteiger partial charge in [0.05, 0.1) is 0 Å². The molecule has 0 spiro atoms. The third kappa shape index (κ3) is 19.2. The molecule has 0 nitrogen and oxygen atoms in total. The molecule has 99 valence electrons. The van der Waals surface area contributed by atoms with Crippen molar-refractivity contribution in [3.8, 4) is 0 Å². The Bertz CT molecular complexity index is 272. The minimum absolute atomic E-state index is 0. The molecule has 2 rings (SSSR count). The van der Waals surface area contributed by atoms with E-state index in [1.54, 1.807) is 0 Å². The van der Waals surface area contributed by atoms with Gasteiger partial charge < -0.3 is 24.8 Å². The summed E-state index contributed by atoms with van der Waals surface area (Å²) in [5.41, 5.74) is 2.69. The molecule has 0 amide bonds. The quantitative estimate of drug-likeness (QED) is 0.278. The zero-order valence-electron chi connectivity index (χ0n) is 11.5. The van der Waals surface area contributed by atoms with Gasteiger partial charge in [0.25, 0.3) is 0 Å². The average molecular weight is 520 g/mol. The molecule has 0 N–H and O–H groups in total. The van der Waals surface area contributed by atoms with Gasteiger partial charge in [0.15, 0.2) is 0 Å². The van der Waals surface area contributed by atoms with Crippen LogP contribution in [0.25, 0.3) is 0 Å². The van der Waals surface area contributed by atoms with Gasteiger partial charge in [-0.1, -0.05) is 26.9 Å². The molecule has 0 aliphatic heterocycles. The van der Waals surface area contributed by atoms with Crippen molar-refractivity contribution in [1.29, 1.82) is 0 Å². The maximum atomic E-state index is 2.21. The summed E-state index contributed by atoms with van der Waals surface area (Å²) in [5, 5.41) is 0. The Morgan fingerprint density at radius 3 is 1.17 bits per heavy atom. The van der Waals surface area contributed by atoms with Gasteiger partial charge in [-0.3, -0.25) is 0 Å². The van der Waals surface area contributed by atoms with Gasteiger partial charge in [0, 0.05) is 9.52 Å². The van der Waals surface area contributed by atoms with E-state index in [1.165, 1.54) is 11.1 Å². The number of hydrogen-bond donors (Lipinski definition) is 0. The molecule has 0 heterocycles. The van der Waals surface area contributed by atoms with Crippen LogP contribution in [0.3, 0.4) is 0 Å². The van der Waals surface area contributed by atoms with Gasteiger partial charge in [-0.2, -0.15) is 36.4 Å². The van der Waals surface area contributed by atoms with E-state index in [0.717, 1.165) is 9.52 Å². The van der Waals surface area contributed by atoms with Crippen molar-refractivity contribution in [3.63, 3.8) is 0 Å². The van der Waals surface area contributed by atoms with E-state index < -0.39 is 0 Å². The second-order valence-electron chi connectivity index (χ2n) is 3.50. The van der Waals surface area contributed by atoms with Gasteiger partial charge in [-0.25, -0.2) is 23.3 Å².